The van der Waals surface area contributed by atoms with Gasteiger partial charge in [-0.25, -0.2) is 9.97 Å². The van der Waals surface area contributed by atoms with Crippen molar-refractivity contribution in [2.75, 3.05) is 45.7 Å². The number of hydrogen-bond acceptors (Lipinski definition) is 9. The fourth-order valence-electron chi connectivity index (χ4n) is 7.42. The number of likely N-dealkylation sites (tertiary alicyclic amines) is 2. The summed E-state index contributed by atoms with van der Waals surface area (Å²) in [5, 5.41) is 7.24. The molecule has 1 spiro atoms. The monoisotopic (exact) mass is 714 g/mol. The molecule has 3 fully saturated rings. The zero-order chi connectivity index (χ0) is 35.0. The molecule has 0 aliphatic carbocycles. The van der Waals surface area contributed by atoms with Crippen LogP contribution in [0.2, 0.25) is 10.0 Å². The fourth-order valence-corrected chi connectivity index (χ4v) is 8.07. The smallest absolute Gasteiger partial charge is 0.235 e. The molecule has 50 heavy (non-hydrogen) atoms. The normalized spacial score (nSPS) is 18.1. The molecule has 260 valence electrons. The number of carbonyl (C=O) groups is 2. The van der Waals surface area contributed by atoms with Crippen molar-refractivity contribution in [3.63, 3.8) is 0 Å². The average molecular weight is 716 g/mol. The van der Waals surface area contributed by atoms with E-state index >= 15 is 0 Å². The highest BCUT2D eigenvalue weighted by Crippen LogP contribution is 2.43. The van der Waals surface area contributed by atoms with Crippen LogP contribution in [0.1, 0.15) is 44.0 Å². The van der Waals surface area contributed by atoms with Crippen LogP contribution in [0.15, 0.2) is 48.8 Å². The Morgan fingerprint density at radius 3 is 2.16 bits per heavy atom. The van der Waals surface area contributed by atoms with Gasteiger partial charge in [0.25, 0.3) is 0 Å². The van der Waals surface area contributed by atoms with Gasteiger partial charge in [-0.1, -0.05) is 59.6 Å². The number of nitrogens with one attached hydrogen (secondary N) is 2. The predicted octanol–water partition coefficient (Wildman–Crippen LogP) is 5.89. The number of aryl methyl sites for hydroxylation is 1. The average Bonchev–Trinajstić information content (AvgIpc) is 3.50. The molecule has 0 unspecified atom stereocenters. The van der Waals surface area contributed by atoms with Gasteiger partial charge in [-0.2, -0.15) is 0 Å². The van der Waals surface area contributed by atoms with E-state index in [-0.39, 0.29) is 23.3 Å². The molecule has 13 heteroatoms. The summed E-state index contributed by atoms with van der Waals surface area (Å²) in [6, 6.07) is 11.8. The molecule has 11 nitrogen and oxygen atoms in total. The Labute approximate surface area is 301 Å². The Kier molecular flexibility index (Phi) is 9.65. The Balaban J connectivity index is 1.08. The number of nitrogens with zero attached hydrogens (tertiary/aromatic N) is 6. The van der Waals surface area contributed by atoms with Gasteiger partial charge < -0.3 is 20.3 Å². The highest BCUT2D eigenvalue weighted by atomic mass is 35.5. The highest BCUT2D eigenvalue weighted by molar-refractivity contribution is 6.39. The second-order valence-corrected chi connectivity index (χ2v) is 14.3. The lowest BCUT2D eigenvalue weighted by molar-refractivity contribution is -0.157. The molecule has 3 aliphatic rings. The number of benzene rings is 2. The summed E-state index contributed by atoms with van der Waals surface area (Å²) >= 11 is 14.2. The van der Waals surface area contributed by atoms with E-state index in [1.54, 1.807) is 26.4 Å². The lowest BCUT2D eigenvalue weighted by atomic mass is 9.73. The lowest BCUT2D eigenvalue weighted by Crippen LogP contribution is -2.72. The molecule has 2 aromatic heterocycles. The maximum atomic E-state index is 11.6. The molecule has 4 aromatic rings. The SMILES string of the molecule is CNc1nc(-c2cccc(-c3cccc(-c4cnc(CCC[C@@H]5CCC(=O)N5)c(OC)n4)c3Cl)c2Cl)cnc1CN1CC2(C1)CN(C(C)=O)C2. The quantitative estimate of drug-likeness (QED) is 0.196. The van der Waals surface area contributed by atoms with E-state index in [4.69, 9.17) is 47.9 Å². The van der Waals surface area contributed by atoms with E-state index in [9.17, 15) is 9.59 Å². The summed E-state index contributed by atoms with van der Waals surface area (Å²) in [6.45, 7) is 5.87. The molecule has 0 bridgehead atoms. The van der Waals surface area contributed by atoms with E-state index in [1.807, 2.05) is 48.3 Å². The highest BCUT2D eigenvalue weighted by Gasteiger charge is 2.52. The maximum Gasteiger partial charge on any atom is 0.235 e. The van der Waals surface area contributed by atoms with Crippen LogP contribution in [-0.4, -0.2) is 87.9 Å². The second-order valence-electron chi connectivity index (χ2n) is 13.6. The number of anilines is 1. The van der Waals surface area contributed by atoms with Crippen molar-refractivity contribution in [2.24, 2.45) is 5.41 Å². The lowest BCUT2D eigenvalue weighted by Gasteiger charge is -2.60. The Morgan fingerprint density at radius 2 is 1.58 bits per heavy atom. The number of amides is 2. The molecule has 0 radical (unpaired) electrons. The summed E-state index contributed by atoms with van der Waals surface area (Å²) in [5.41, 5.74) is 6.06. The summed E-state index contributed by atoms with van der Waals surface area (Å²) in [5.74, 6) is 1.43. The third kappa shape index (κ3) is 6.74. The van der Waals surface area contributed by atoms with E-state index < -0.39 is 0 Å². The zero-order valence-corrected chi connectivity index (χ0v) is 29.9. The Hall–Kier alpha value is -4.32. The molecule has 2 aromatic carbocycles. The number of methoxy groups -OCH3 is 1. The Bertz CT molecular complexity index is 1940. The molecule has 3 aliphatic heterocycles. The van der Waals surface area contributed by atoms with Crippen LogP contribution in [0.5, 0.6) is 5.88 Å². The van der Waals surface area contributed by atoms with Gasteiger partial charge >= 0.3 is 0 Å². The molecule has 5 heterocycles. The number of aromatic nitrogens is 4. The van der Waals surface area contributed by atoms with Crippen LogP contribution >= 0.6 is 23.2 Å². The molecule has 2 amide bonds. The van der Waals surface area contributed by atoms with Crippen molar-refractivity contribution in [1.82, 2.24) is 35.1 Å². The van der Waals surface area contributed by atoms with Crippen LogP contribution in [0.4, 0.5) is 5.82 Å². The topological polar surface area (TPSA) is 125 Å². The van der Waals surface area contributed by atoms with E-state index in [0.717, 1.165) is 73.5 Å². The zero-order valence-electron chi connectivity index (χ0n) is 28.4. The third-order valence-electron chi connectivity index (χ3n) is 9.97. The van der Waals surface area contributed by atoms with Gasteiger partial charge in [0.1, 0.15) is 11.5 Å². The van der Waals surface area contributed by atoms with E-state index in [0.29, 0.717) is 58.1 Å². The summed E-state index contributed by atoms with van der Waals surface area (Å²) in [6.07, 6.45) is 7.41. The first-order chi connectivity index (χ1) is 24.2. The number of rotatable bonds is 11. The van der Waals surface area contributed by atoms with Crippen molar-refractivity contribution in [3.8, 4) is 39.5 Å². The first kappa shape index (κ1) is 34.1. The van der Waals surface area contributed by atoms with Gasteiger partial charge in [-0.15, -0.1) is 0 Å². The summed E-state index contributed by atoms with van der Waals surface area (Å²) < 4.78 is 5.63. The van der Waals surface area contributed by atoms with Crippen molar-refractivity contribution in [1.29, 1.82) is 0 Å². The van der Waals surface area contributed by atoms with Gasteiger partial charge in [0.05, 0.1) is 46.6 Å². The largest absolute Gasteiger partial charge is 0.480 e. The first-order valence-electron chi connectivity index (χ1n) is 17.0. The van der Waals surface area contributed by atoms with Crippen LogP contribution in [-0.2, 0) is 22.6 Å². The number of ether oxygens (including phenoxy) is 1. The summed E-state index contributed by atoms with van der Waals surface area (Å²) in [4.78, 5) is 46.6. The van der Waals surface area contributed by atoms with E-state index in [1.165, 1.54) is 0 Å². The molecule has 1 atom stereocenters. The molecule has 0 saturated carbocycles. The molecular formula is C37H40Cl2N8O3. The number of hydrogen-bond donors (Lipinski definition) is 2. The van der Waals surface area contributed by atoms with Crippen molar-refractivity contribution in [3.05, 3.63) is 70.2 Å². The minimum Gasteiger partial charge on any atom is -0.480 e. The maximum absolute atomic E-state index is 11.6. The predicted molar refractivity (Wildman–Crippen MR) is 194 cm³/mol. The number of carbonyl (C=O) groups excluding carboxylic acids is 2. The first-order valence-corrected chi connectivity index (χ1v) is 17.7. The Morgan fingerprint density at radius 1 is 0.960 bits per heavy atom. The fraction of sp³-hybridized carbons (Fsp3) is 0.405. The van der Waals surface area contributed by atoms with Gasteiger partial charge in [-0.3, -0.25) is 24.5 Å². The number of halogens is 2. The van der Waals surface area contributed by atoms with Crippen molar-refractivity contribution < 1.29 is 14.3 Å². The van der Waals surface area contributed by atoms with Crippen LogP contribution in [0, 0.1) is 5.41 Å². The standard InChI is InChI=1S/C37H40Cl2N8O3/c1-22(48)47-20-37(21-47)18-46(19-37)17-31-35(40-2)44-29(15-42-31)26-10-5-8-24(33(26)38)25-9-6-11-27(34(25)39)30-16-41-28(36(45-30)50-3)12-4-7-23-13-14-32(49)43-23/h5-6,8-11,15-16,23H,4,7,12-14,17-21H2,1-3H3,(H,40,44)(H,43,49)/t23-/m1/s1. The second kappa shape index (κ2) is 14.1. The van der Waals surface area contributed by atoms with Gasteiger partial charge in [-0.05, 0) is 25.7 Å². The van der Waals surface area contributed by atoms with E-state index in [2.05, 4.69) is 15.5 Å². The third-order valence-corrected chi connectivity index (χ3v) is 10.8. The van der Waals surface area contributed by atoms with Crippen molar-refractivity contribution >= 4 is 40.8 Å². The van der Waals surface area contributed by atoms with Gasteiger partial charge in [0.2, 0.25) is 17.7 Å². The van der Waals surface area contributed by atoms with Crippen molar-refractivity contribution in [2.45, 2.75) is 51.6 Å². The van der Waals surface area contributed by atoms with Gasteiger partial charge in [0, 0.05) is 86.8 Å². The molecular weight excluding hydrogens is 675 g/mol. The molecule has 2 N–H and O–H groups in total. The molecule has 7 rings (SSSR count). The van der Waals surface area contributed by atoms with Crippen LogP contribution < -0.4 is 15.4 Å². The van der Waals surface area contributed by atoms with Crippen LogP contribution in [0.25, 0.3) is 33.6 Å². The molecule has 3 saturated heterocycles. The summed E-state index contributed by atoms with van der Waals surface area (Å²) in [7, 11) is 3.43. The van der Waals surface area contributed by atoms with Gasteiger partial charge in [0.15, 0.2) is 0 Å². The minimum absolute atomic E-state index is 0.125. The van der Waals surface area contributed by atoms with Crippen LogP contribution in [0.3, 0.4) is 0 Å². The minimum atomic E-state index is 0.125.